The van der Waals surface area contributed by atoms with Crippen molar-refractivity contribution in [3.8, 4) is 11.3 Å². The molecule has 230 valence electrons. The van der Waals surface area contributed by atoms with Crippen molar-refractivity contribution in [2.45, 2.75) is 31.2 Å². The summed E-state index contributed by atoms with van der Waals surface area (Å²) in [5.41, 5.74) is 7.96. The van der Waals surface area contributed by atoms with E-state index in [1.165, 1.54) is 6.20 Å². The number of alkyl halides is 3. The summed E-state index contributed by atoms with van der Waals surface area (Å²) in [6, 6.07) is 12.3. The number of amides is 1. The third-order valence-electron chi connectivity index (χ3n) is 6.33. The van der Waals surface area contributed by atoms with Gasteiger partial charge in [0.25, 0.3) is 5.91 Å². The summed E-state index contributed by atoms with van der Waals surface area (Å²) in [5, 5.41) is 17.7. The first-order valence-electron chi connectivity index (χ1n) is 13.2. The predicted molar refractivity (Wildman–Crippen MR) is 150 cm³/mol. The number of nitrogens with two attached hydrogens (primary N) is 1. The molecule has 0 radical (unpaired) electrons. The molecular formula is C28H27F3N8O5. The first kappa shape index (κ1) is 31.6. The average Bonchev–Trinajstić information content (AvgIpc) is 3.52. The van der Waals surface area contributed by atoms with E-state index in [-0.39, 0.29) is 11.5 Å². The number of nitrogens with zero attached hydrogens (tertiary/aromatic N) is 5. The summed E-state index contributed by atoms with van der Waals surface area (Å²) in [5.74, 6) is -4.25. The second-order valence-electron chi connectivity index (χ2n) is 9.40. The zero-order valence-electron chi connectivity index (χ0n) is 22.9. The lowest BCUT2D eigenvalue weighted by atomic mass is 10.1. The van der Waals surface area contributed by atoms with Gasteiger partial charge in [0.1, 0.15) is 0 Å². The number of nitrogens with one attached hydrogen (secondary N) is 2. The molecule has 0 unspecified atom stereocenters. The monoisotopic (exact) mass is 612 g/mol. The highest BCUT2D eigenvalue weighted by Gasteiger charge is 2.38. The summed E-state index contributed by atoms with van der Waals surface area (Å²) >= 11 is 0. The molecule has 44 heavy (non-hydrogen) atoms. The van der Waals surface area contributed by atoms with Crippen molar-refractivity contribution in [3.63, 3.8) is 0 Å². The number of aliphatic carboxylic acids is 1. The minimum atomic E-state index is -5.08. The van der Waals surface area contributed by atoms with Crippen molar-refractivity contribution in [3.05, 3.63) is 84.7 Å². The normalized spacial score (nSPS) is 14.1. The number of anilines is 2. The molecule has 1 atom stereocenters. The zero-order chi connectivity index (χ0) is 31.7. The lowest BCUT2D eigenvalue weighted by Gasteiger charge is -2.22. The molecule has 1 saturated heterocycles. The first-order chi connectivity index (χ1) is 21.0. The maximum absolute atomic E-state index is 13.2. The van der Waals surface area contributed by atoms with Gasteiger partial charge in [0.05, 0.1) is 24.1 Å². The maximum Gasteiger partial charge on any atom is 0.490 e. The van der Waals surface area contributed by atoms with Crippen LogP contribution in [0.5, 0.6) is 0 Å². The van der Waals surface area contributed by atoms with Gasteiger partial charge in [0, 0.05) is 35.4 Å². The van der Waals surface area contributed by atoms with E-state index >= 15 is 0 Å². The number of hydrogen-bond acceptors (Lipinski definition) is 10. The van der Waals surface area contributed by atoms with Crippen LogP contribution in [-0.4, -0.2) is 67.0 Å². The highest BCUT2D eigenvalue weighted by Crippen LogP contribution is 2.25. The van der Waals surface area contributed by atoms with Gasteiger partial charge in [-0.3, -0.25) is 14.5 Å². The molecule has 1 aliphatic rings. The maximum atomic E-state index is 13.2. The Bertz CT molecular complexity index is 1580. The van der Waals surface area contributed by atoms with Gasteiger partial charge in [0.15, 0.2) is 11.5 Å². The Morgan fingerprint density at radius 3 is 2.36 bits per heavy atom. The van der Waals surface area contributed by atoms with Gasteiger partial charge in [-0.1, -0.05) is 30.3 Å². The number of hydrogen-bond donors (Lipinski definition) is 4. The summed E-state index contributed by atoms with van der Waals surface area (Å²) in [6.07, 6.45) is 3.80. The largest absolute Gasteiger partial charge is 0.490 e. The number of carbonyl (C=O) groups excluding carboxylic acids is 2. The van der Waals surface area contributed by atoms with Crippen LogP contribution < -0.4 is 16.4 Å². The molecule has 1 aliphatic heterocycles. The molecule has 5 rings (SSSR count). The number of pyridine rings is 1. The number of carboxylic acid groups (broad SMARTS) is 1. The van der Waals surface area contributed by atoms with E-state index in [9.17, 15) is 22.8 Å². The number of carboxylic acids is 1. The predicted octanol–water partition coefficient (Wildman–Crippen LogP) is 3.41. The van der Waals surface area contributed by atoms with Crippen LogP contribution >= 0.6 is 0 Å². The van der Waals surface area contributed by atoms with Crippen molar-refractivity contribution >= 4 is 29.4 Å². The van der Waals surface area contributed by atoms with Gasteiger partial charge in [-0.15, -0.1) is 0 Å². The van der Waals surface area contributed by atoms with Crippen LogP contribution in [0.1, 0.15) is 41.0 Å². The molecule has 0 saturated carbocycles. The Balaban J connectivity index is 0.000000566. The number of benzene rings is 1. The molecule has 4 heterocycles. The average molecular weight is 613 g/mol. The second-order valence-corrected chi connectivity index (χ2v) is 9.40. The SMILES string of the molecule is Nc1ncc(-c2cnn(C3CCNCC3)c2)nc1C(=O)O[C@@H](C(=O)Nc1ccncc1)c1ccccc1.O=C(O)C(F)(F)F. The van der Waals surface area contributed by atoms with Crippen molar-refractivity contribution in [1.29, 1.82) is 0 Å². The van der Waals surface area contributed by atoms with Crippen LogP contribution in [0.15, 0.2) is 73.4 Å². The van der Waals surface area contributed by atoms with E-state index in [0.29, 0.717) is 28.6 Å². The number of piperidine rings is 1. The van der Waals surface area contributed by atoms with E-state index in [1.807, 2.05) is 10.9 Å². The van der Waals surface area contributed by atoms with Crippen LogP contribution in [0.3, 0.4) is 0 Å². The van der Waals surface area contributed by atoms with E-state index in [2.05, 4.69) is 30.7 Å². The highest BCUT2D eigenvalue weighted by molar-refractivity contribution is 5.99. The molecule has 1 amide bonds. The fourth-order valence-corrected chi connectivity index (χ4v) is 4.14. The van der Waals surface area contributed by atoms with Crippen molar-refractivity contribution < 1.29 is 37.4 Å². The van der Waals surface area contributed by atoms with Crippen LogP contribution in [0, 0.1) is 0 Å². The zero-order valence-corrected chi connectivity index (χ0v) is 22.9. The van der Waals surface area contributed by atoms with Gasteiger partial charge in [-0.2, -0.15) is 18.3 Å². The van der Waals surface area contributed by atoms with Gasteiger partial charge >= 0.3 is 18.1 Å². The van der Waals surface area contributed by atoms with E-state index < -0.39 is 30.1 Å². The minimum Gasteiger partial charge on any atom is -0.475 e. The van der Waals surface area contributed by atoms with Crippen LogP contribution in [0.2, 0.25) is 0 Å². The Morgan fingerprint density at radius 1 is 1.07 bits per heavy atom. The molecule has 0 spiro atoms. The third-order valence-corrected chi connectivity index (χ3v) is 6.33. The second kappa shape index (κ2) is 14.2. The Morgan fingerprint density at radius 2 is 1.73 bits per heavy atom. The molecule has 1 aromatic carbocycles. The van der Waals surface area contributed by atoms with E-state index in [0.717, 1.165) is 25.9 Å². The number of aromatic nitrogens is 5. The first-order valence-corrected chi connectivity index (χ1v) is 13.2. The van der Waals surface area contributed by atoms with Crippen molar-refractivity contribution in [2.75, 3.05) is 24.1 Å². The molecule has 1 fully saturated rings. The summed E-state index contributed by atoms with van der Waals surface area (Å²) in [4.78, 5) is 47.7. The van der Waals surface area contributed by atoms with Gasteiger partial charge in [0.2, 0.25) is 6.10 Å². The van der Waals surface area contributed by atoms with Crippen LogP contribution in [0.4, 0.5) is 24.7 Å². The Kier molecular flexibility index (Phi) is 10.2. The topological polar surface area (TPSA) is 187 Å². The van der Waals surface area contributed by atoms with E-state index in [4.69, 9.17) is 20.4 Å². The fourth-order valence-electron chi connectivity index (χ4n) is 4.14. The summed E-state index contributed by atoms with van der Waals surface area (Å²) in [6.45, 7) is 1.88. The van der Waals surface area contributed by atoms with E-state index in [1.54, 1.807) is 61.1 Å². The molecule has 4 aromatic rings. The summed E-state index contributed by atoms with van der Waals surface area (Å²) < 4.78 is 39.3. The molecular weight excluding hydrogens is 585 g/mol. The smallest absolute Gasteiger partial charge is 0.475 e. The molecule has 16 heteroatoms. The molecule has 13 nitrogen and oxygen atoms in total. The lowest BCUT2D eigenvalue weighted by molar-refractivity contribution is -0.192. The minimum absolute atomic E-state index is 0.0964. The Labute approximate surface area is 248 Å². The van der Waals surface area contributed by atoms with Crippen molar-refractivity contribution in [2.24, 2.45) is 0 Å². The quantitative estimate of drug-likeness (QED) is 0.224. The molecule has 0 aliphatic carbocycles. The summed E-state index contributed by atoms with van der Waals surface area (Å²) in [7, 11) is 0. The Hall–Kier alpha value is -5.38. The number of rotatable bonds is 7. The molecule has 3 aromatic heterocycles. The van der Waals surface area contributed by atoms with Gasteiger partial charge in [-0.25, -0.2) is 19.6 Å². The number of ether oxygens (including phenoxy) is 1. The number of carbonyl (C=O) groups is 3. The van der Waals surface area contributed by atoms with Gasteiger partial charge in [-0.05, 0) is 38.1 Å². The third kappa shape index (κ3) is 8.34. The van der Waals surface area contributed by atoms with Gasteiger partial charge < -0.3 is 26.2 Å². The number of esters is 1. The molecule has 0 bridgehead atoms. The number of nitrogen functional groups attached to an aromatic ring is 1. The van der Waals surface area contributed by atoms with Crippen LogP contribution in [-0.2, 0) is 14.3 Å². The fraction of sp³-hybridized carbons (Fsp3) is 0.250. The lowest BCUT2D eigenvalue weighted by Crippen LogP contribution is -2.29. The standard InChI is InChI=1S/C26H26N8O3.C2HF3O2/c27-24-22(33-21(15-30-24)18-14-31-34(16-18)20-8-12-29-13-9-20)26(36)37-23(17-4-2-1-3-5-17)25(35)32-19-6-10-28-11-7-19;3-2(4,5)1(6)7/h1-7,10-11,14-16,20,23,29H,8-9,12-13H2,(H2,27,30)(H,28,32,35);(H,6,7)/t23-;/m1./s1. The van der Waals surface area contributed by atoms with Crippen LogP contribution in [0.25, 0.3) is 11.3 Å². The van der Waals surface area contributed by atoms with Crippen molar-refractivity contribution in [1.82, 2.24) is 30.0 Å². The molecule has 5 N–H and O–H groups in total. The number of halogens is 3. The highest BCUT2D eigenvalue weighted by atomic mass is 19.4.